The van der Waals surface area contributed by atoms with E-state index in [1.807, 2.05) is 6.92 Å². The standard InChI is InChI=1S/C21H32N6O4S/c1-2-30-13-4-9-23-20(29)16-6-10-25(11-7-16)15-27-21(32)26(12-8-18(22)28)19(24-27)17-5-3-14-31-17/h3,5,14,16H,2,4,6-13,15H2,1H3,(H2,22,28)(H,23,29). The molecular weight excluding hydrogens is 432 g/mol. The zero-order chi connectivity index (χ0) is 22.9. The maximum absolute atomic E-state index is 12.4. The van der Waals surface area contributed by atoms with Crippen molar-refractivity contribution in [2.45, 2.75) is 45.8 Å². The van der Waals surface area contributed by atoms with Gasteiger partial charge in [0.05, 0.1) is 12.9 Å². The molecule has 1 fully saturated rings. The zero-order valence-electron chi connectivity index (χ0n) is 18.5. The molecule has 10 nitrogen and oxygen atoms in total. The molecule has 0 spiro atoms. The van der Waals surface area contributed by atoms with Crippen LogP contribution in [0.4, 0.5) is 0 Å². The molecule has 11 heteroatoms. The Hall–Kier alpha value is -2.50. The fourth-order valence-electron chi connectivity index (χ4n) is 3.75. The van der Waals surface area contributed by atoms with Crippen LogP contribution in [0.15, 0.2) is 22.8 Å². The van der Waals surface area contributed by atoms with E-state index in [0.717, 1.165) is 32.4 Å². The van der Waals surface area contributed by atoms with Gasteiger partial charge in [0.1, 0.15) is 0 Å². The van der Waals surface area contributed by atoms with E-state index in [9.17, 15) is 9.59 Å². The summed E-state index contributed by atoms with van der Waals surface area (Å²) in [6.45, 7) is 6.39. The lowest BCUT2D eigenvalue weighted by atomic mass is 9.96. The Kier molecular flexibility index (Phi) is 9.00. The van der Waals surface area contributed by atoms with Crippen molar-refractivity contribution in [3.8, 4) is 11.6 Å². The minimum Gasteiger partial charge on any atom is -0.461 e. The number of likely N-dealkylation sites (tertiary alicyclic amines) is 1. The van der Waals surface area contributed by atoms with Crippen LogP contribution in [0.1, 0.15) is 32.6 Å². The number of nitrogens with zero attached hydrogens (tertiary/aromatic N) is 4. The van der Waals surface area contributed by atoms with Crippen LogP contribution in [0.25, 0.3) is 11.6 Å². The molecule has 2 amide bonds. The second-order valence-corrected chi connectivity index (χ2v) is 8.19. The summed E-state index contributed by atoms with van der Waals surface area (Å²) in [4.78, 5) is 25.9. The number of nitrogens with one attached hydrogen (secondary N) is 1. The highest BCUT2D eigenvalue weighted by Gasteiger charge is 2.25. The summed E-state index contributed by atoms with van der Waals surface area (Å²) >= 11 is 5.62. The highest BCUT2D eigenvalue weighted by molar-refractivity contribution is 7.71. The van der Waals surface area contributed by atoms with Crippen LogP contribution in [0.5, 0.6) is 0 Å². The van der Waals surface area contributed by atoms with Gasteiger partial charge in [0, 0.05) is 51.7 Å². The van der Waals surface area contributed by atoms with E-state index in [0.29, 0.717) is 49.3 Å². The molecule has 1 saturated heterocycles. The van der Waals surface area contributed by atoms with Crippen molar-refractivity contribution in [3.05, 3.63) is 23.2 Å². The van der Waals surface area contributed by atoms with Crippen molar-refractivity contribution >= 4 is 24.0 Å². The molecule has 0 radical (unpaired) electrons. The van der Waals surface area contributed by atoms with E-state index >= 15 is 0 Å². The van der Waals surface area contributed by atoms with Crippen LogP contribution >= 0.6 is 12.2 Å². The number of furan rings is 1. The Morgan fingerprint density at radius 3 is 2.81 bits per heavy atom. The third kappa shape index (κ3) is 6.50. The summed E-state index contributed by atoms with van der Waals surface area (Å²) in [5, 5.41) is 7.65. The first-order valence-corrected chi connectivity index (χ1v) is 11.5. The molecule has 0 unspecified atom stereocenters. The molecule has 0 aliphatic carbocycles. The highest BCUT2D eigenvalue weighted by Crippen LogP contribution is 2.21. The van der Waals surface area contributed by atoms with Crippen molar-refractivity contribution < 1.29 is 18.7 Å². The van der Waals surface area contributed by atoms with Gasteiger partial charge in [0.2, 0.25) is 11.8 Å². The number of carbonyl (C=O) groups is 2. The van der Waals surface area contributed by atoms with Crippen LogP contribution in [0.2, 0.25) is 0 Å². The first-order chi connectivity index (χ1) is 15.5. The summed E-state index contributed by atoms with van der Waals surface area (Å²) in [6.07, 6.45) is 4.14. The van der Waals surface area contributed by atoms with Gasteiger partial charge in [0.15, 0.2) is 16.4 Å². The van der Waals surface area contributed by atoms with E-state index in [1.54, 1.807) is 27.6 Å². The lowest BCUT2D eigenvalue weighted by molar-refractivity contribution is -0.126. The number of aromatic nitrogens is 3. The summed E-state index contributed by atoms with van der Waals surface area (Å²) < 4.78 is 14.8. The van der Waals surface area contributed by atoms with E-state index in [2.05, 4.69) is 15.3 Å². The minimum atomic E-state index is -0.400. The molecule has 0 saturated carbocycles. The number of amides is 2. The molecule has 32 heavy (non-hydrogen) atoms. The number of primary amides is 1. The van der Waals surface area contributed by atoms with Gasteiger partial charge in [-0.15, -0.1) is 5.10 Å². The monoisotopic (exact) mass is 464 g/mol. The third-order valence-electron chi connectivity index (χ3n) is 5.51. The molecule has 2 aromatic heterocycles. The number of nitrogens with two attached hydrogens (primary N) is 1. The number of piperidine rings is 1. The molecule has 1 aliphatic heterocycles. The summed E-state index contributed by atoms with van der Waals surface area (Å²) in [5.41, 5.74) is 5.32. The van der Waals surface area contributed by atoms with Crippen LogP contribution in [-0.2, 0) is 27.5 Å². The maximum atomic E-state index is 12.4. The maximum Gasteiger partial charge on any atom is 0.223 e. The van der Waals surface area contributed by atoms with Gasteiger partial charge < -0.3 is 20.2 Å². The van der Waals surface area contributed by atoms with Crippen molar-refractivity contribution in [1.29, 1.82) is 0 Å². The molecule has 0 atom stereocenters. The summed E-state index contributed by atoms with van der Waals surface area (Å²) in [7, 11) is 0. The smallest absolute Gasteiger partial charge is 0.223 e. The predicted molar refractivity (Wildman–Crippen MR) is 121 cm³/mol. The van der Waals surface area contributed by atoms with Crippen LogP contribution in [0, 0.1) is 10.7 Å². The van der Waals surface area contributed by atoms with Crippen molar-refractivity contribution in [2.24, 2.45) is 11.7 Å². The van der Waals surface area contributed by atoms with Crippen molar-refractivity contribution in [1.82, 2.24) is 24.6 Å². The molecule has 0 bridgehead atoms. The van der Waals surface area contributed by atoms with E-state index in [4.69, 9.17) is 27.1 Å². The number of ether oxygens (including phenoxy) is 1. The zero-order valence-corrected chi connectivity index (χ0v) is 19.3. The van der Waals surface area contributed by atoms with E-state index < -0.39 is 5.91 Å². The molecule has 1 aliphatic rings. The number of carbonyl (C=O) groups excluding carboxylic acids is 2. The average molecular weight is 465 g/mol. The molecule has 3 heterocycles. The topological polar surface area (TPSA) is 121 Å². The number of rotatable bonds is 12. The van der Waals surface area contributed by atoms with Crippen LogP contribution in [-0.4, -0.2) is 63.9 Å². The first-order valence-electron chi connectivity index (χ1n) is 11.1. The lowest BCUT2D eigenvalue weighted by Gasteiger charge is -2.30. The highest BCUT2D eigenvalue weighted by atomic mass is 32.1. The Balaban J connectivity index is 1.56. The second kappa shape index (κ2) is 11.9. The van der Waals surface area contributed by atoms with Gasteiger partial charge in [-0.1, -0.05) is 0 Å². The predicted octanol–water partition coefficient (Wildman–Crippen LogP) is 1.76. The van der Waals surface area contributed by atoms with Crippen molar-refractivity contribution in [3.63, 3.8) is 0 Å². The molecular formula is C21H32N6O4S. The van der Waals surface area contributed by atoms with E-state index in [-0.39, 0.29) is 18.2 Å². The summed E-state index contributed by atoms with van der Waals surface area (Å²) in [5.74, 6) is 0.900. The minimum absolute atomic E-state index is 0.0260. The summed E-state index contributed by atoms with van der Waals surface area (Å²) in [6, 6.07) is 3.59. The Labute approximate surface area is 192 Å². The van der Waals surface area contributed by atoms with Gasteiger partial charge in [-0.05, 0) is 50.5 Å². The second-order valence-electron chi connectivity index (χ2n) is 7.83. The Bertz CT molecular complexity index is 931. The SMILES string of the molecule is CCOCCCNC(=O)C1CCN(Cn2nc(-c3ccco3)n(CCC(N)=O)c2=S)CC1. The number of hydrogen-bond acceptors (Lipinski definition) is 7. The lowest BCUT2D eigenvalue weighted by Crippen LogP contribution is -2.41. The van der Waals surface area contributed by atoms with E-state index in [1.165, 1.54) is 0 Å². The normalized spacial score (nSPS) is 15.2. The number of hydrogen-bond donors (Lipinski definition) is 2. The molecule has 0 aromatic carbocycles. The van der Waals surface area contributed by atoms with Gasteiger partial charge >= 0.3 is 0 Å². The fourth-order valence-corrected chi connectivity index (χ4v) is 4.02. The Morgan fingerprint density at radius 1 is 1.38 bits per heavy atom. The molecule has 176 valence electrons. The van der Waals surface area contributed by atoms with Crippen LogP contribution in [0.3, 0.4) is 0 Å². The van der Waals surface area contributed by atoms with Gasteiger partial charge in [-0.25, -0.2) is 4.68 Å². The van der Waals surface area contributed by atoms with Gasteiger partial charge in [-0.2, -0.15) is 0 Å². The largest absolute Gasteiger partial charge is 0.461 e. The fraction of sp³-hybridized carbons (Fsp3) is 0.619. The molecule has 2 aromatic rings. The van der Waals surface area contributed by atoms with Crippen LogP contribution < -0.4 is 11.1 Å². The van der Waals surface area contributed by atoms with Gasteiger partial charge in [0.25, 0.3) is 0 Å². The van der Waals surface area contributed by atoms with Crippen molar-refractivity contribution in [2.75, 3.05) is 32.8 Å². The quantitative estimate of drug-likeness (QED) is 0.363. The average Bonchev–Trinajstić information content (AvgIpc) is 3.41. The molecule has 3 N–H and O–H groups in total. The third-order valence-corrected chi connectivity index (χ3v) is 5.94. The molecule has 3 rings (SSSR count). The van der Waals surface area contributed by atoms with Gasteiger partial charge in [-0.3, -0.25) is 19.1 Å². The first kappa shape index (κ1) is 24.1. The Morgan fingerprint density at radius 2 is 2.16 bits per heavy atom.